The zero-order chi connectivity index (χ0) is 17.6. The van der Waals surface area contributed by atoms with Crippen molar-refractivity contribution in [3.8, 4) is 5.69 Å². The number of urea groups is 1. The highest BCUT2D eigenvalue weighted by Crippen LogP contribution is 2.21. The summed E-state index contributed by atoms with van der Waals surface area (Å²) in [6, 6.07) is 7.86. The van der Waals surface area contributed by atoms with E-state index in [1.54, 1.807) is 6.20 Å². The Hall–Kier alpha value is -2.28. The second kappa shape index (κ2) is 8.20. The van der Waals surface area contributed by atoms with Crippen molar-refractivity contribution in [1.82, 2.24) is 20.2 Å². The van der Waals surface area contributed by atoms with E-state index in [0.29, 0.717) is 0 Å². The Bertz CT molecular complexity index is 753. The molecule has 0 spiro atoms. The highest BCUT2D eigenvalue weighted by Gasteiger charge is 2.18. The molecule has 6 nitrogen and oxygen atoms in total. The molecule has 0 radical (unpaired) electrons. The molecule has 3 rings (SSSR count). The van der Waals surface area contributed by atoms with Gasteiger partial charge >= 0.3 is 6.03 Å². The first-order chi connectivity index (χ1) is 12.1. The molecule has 0 atom stereocenters. The van der Waals surface area contributed by atoms with E-state index in [2.05, 4.69) is 21.7 Å². The summed E-state index contributed by atoms with van der Waals surface area (Å²) in [5.41, 5.74) is 2.16. The van der Waals surface area contributed by atoms with Crippen molar-refractivity contribution >= 4 is 23.7 Å². The molecule has 0 unspecified atom stereocenters. The molecule has 1 saturated carbocycles. The van der Waals surface area contributed by atoms with Crippen LogP contribution in [0.2, 0.25) is 0 Å². The van der Waals surface area contributed by atoms with Crippen molar-refractivity contribution in [2.45, 2.75) is 43.8 Å². The molecule has 1 fully saturated rings. The number of benzene rings is 1. The van der Waals surface area contributed by atoms with Gasteiger partial charge in [-0.2, -0.15) is 0 Å². The molecule has 1 aliphatic rings. The van der Waals surface area contributed by atoms with Crippen molar-refractivity contribution in [1.29, 1.82) is 0 Å². The normalized spacial score (nSPS) is 14.4. The van der Waals surface area contributed by atoms with Gasteiger partial charge in [0.25, 0.3) is 0 Å². The zero-order valence-corrected chi connectivity index (χ0v) is 15.0. The van der Waals surface area contributed by atoms with Crippen LogP contribution >= 0.6 is 11.8 Å². The molecule has 0 bridgehead atoms. The van der Waals surface area contributed by atoms with Gasteiger partial charge in [0.15, 0.2) is 5.16 Å². The van der Waals surface area contributed by atoms with Crippen LogP contribution in [0.25, 0.3) is 5.69 Å². The summed E-state index contributed by atoms with van der Waals surface area (Å²) < 4.78 is 1.93. The van der Waals surface area contributed by atoms with Crippen LogP contribution < -0.4 is 10.6 Å². The Morgan fingerprint density at radius 3 is 2.88 bits per heavy atom. The van der Waals surface area contributed by atoms with Crippen LogP contribution in [0.3, 0.4) is 0 Å². The van der Waals surface area contributed by atoms with Crippen molar-refractivity contribution in [2.75, 3.05) is 5.75 Å². The van der Waals surface area contributed by atoms with Crippen LogP contribution in [0, 0.1) is 6.92 Å². The Labute approximate surface area is 151 Å². The molecule has 25 heavy (non-hydrogen) atoms. The number of nitrogens with one attached hydrogen (secondary N) is 2. The predicted molar refractivity (Wildman–Crippen MR) is 98.0 cm³/mol. The van der Waals surface area contributed by atoms with Gasteiger partial charge in [-0.15, -0.1) is 0 Å². The van der Waals surface area contributed by atoms with Gasteiger partial charge in [-0.05, 0) is 37.5 Å². The summed E-state index contributed by atoms with van der Waals surface area (Å²) in [6.07, 6.45) is 7.82. The Morgan fingerprint density at radius 2 is 2.12 bits per heavy atom. The van der Waals surface area contributed by atoms with Gasteiger partial charge < -0.3 is 5.32 Å². The quantitative estimate of drug-likeness (QED) is 0.806. The van der Waals surface area contributed by atoms with Crippen molar-refractivity contribution in [3.63, 3.8) is 0 Å². The van der Waals surface area contributed by atoms with E-state index < -0.39 is 6.03 Å². The summed E-state index contributed by atoms with van der Waals surface area (Å²) >= 11 is 1.31. The van der Waals surface area contributed by atoms with Crippen LogP contribution in [-0.4, -0.2) is 33.3 Å². The van der Waals surface area contributed by atoms with Crippen LogP contribution in [0.5, 0.6) is 0 Å². The van der Waals surface area contributed by atoms with Gasteiger partial charge in [-0.3, -0.25) is 14.7 Å². The Kier molecular flexibility index (Phi) is 5.75. The first-order valence-corrected chi connectivity index (χ1v) is 9.44. The number of imidazole rings is 1. The lowest BCUT2D eigenvalue weighted by Crippen LogP contribution is -2.44. The third kappa shape index (κ3) is 4.85. The van der Waals surface area contributed by atoms with E-state index in [4.69, 9.17) is 0 Å². The van der Waals surface area contributed by atoms with E-state index in [-0.39, 0.29) is 17.7 Å². The van der Waals surface area contributed by atoms with Gasteiger partial charge in [0, 0.05) is 24.1 Å². The molecule has 0 aliphatic heterocycles. The number of nitrogens with zero attached hydrogens (tertiary/aromatic N) is 2. The fraction of sp³-hybridized carbons (Fsp3) is 0.389. The minimum atomic E-state index is -0.403. The standard InChI is InChI=1S/C18H22N4O2S/c1-13-5-4-8-15(11-13)22-10-9-19-18(22)25-12-16(23)21-17(24)20-14-6-2-3-7-14/h4-5,8-11,14H,2-3,6-7,12H2,1H3,(H2,20,21,23,24). The number of imide groups is 1. The third-order valence-electron chi connectivity index (χ3n) is 4.16. The summed E-state index contributed by atoms with van der Waals surface area (Å²) in [5, 5.41) is 5.96. The largest absolute Gasteiger partial charge is 0.335 e. The number of thioether (sulfide) groups is 1. The van der Waals surface area contributed by atoms with Gasteiger partial charge in [0.1, 0.15) is 0 Å². The van der Waals surface area contributed by atoms with Crippen LogP contribution in [-0.2, 0) is 4.79 Å². The maximum Gasteiger partial charge on any atom is 0.321 e. The minimum absolute atomic E-state index is 0.140. The number of hydrogen-bond donors (Lipinski definition) is 2. The number of aryl methyl sites for hydroxylation is 1. The van der Waals surface area contributed by atoms with Crippen LogP contribution in [0.1, 0.15) is 31.2 Å². The van der Waals surface area contributed by atoms with E-state index in [0.717, 1.165) is 42.1 Å². The molecule has 3 amide bonds. The van der Waals surface area contributed by atoms with E-state index in [1.165, 1.54) is 11.8 Å². The second-order valence-corrected chi connectivity index (χ2v) is 7.15. The molecule has 1 heterocycles. The third-order valence-corrected chi connectivity index (χ3v) is 5.13. The number of aromatic nitrogens is 2. The summed E-state index contributed by atoms with van der Waals surface area (Å²) in [6.45, 7) is 2.03. The molecule has 7 heteroatoms. The number of carbonyl (C=O) groups is 2. The summed E-state index contributed by atoms with van der Waals surface area (Å²) in [7, 11) is 0. The average molecular weight is 358 g/mol. The molecule has 132 valence electrons. The first-order valence-electron chi connectivity index (χ1n) is 8.45. The molecular formula is C18H22N4O2S. The van der Waals surface area contributed by atoms with E-state index >= 15 is 0 Å². The van der Waals surface area contributed by atoms with Crippen molar-refractivity contribution in [3.05, 3.63) is 42.2 Å². The van der Waals surface area contributed by atoms with Gasteiger partial charge in [-0.1, -0.05) is 36.7 Å². The van der Waals surface area contributed by atoms with Crippen molar-refractivity contribution in [2.24, 2.45) is 0 Å². The summed E-state index contributed by atoms with van der Waals surface area (Å²) in [4.78, 5) is 28.1. The monoisotopic (exact) mass is 358 g/mol. The molecule has 1 aromatic heterocycles. The first kappa shape index (κ1) is 17.5. The lowest BCUT2D eigenvalue weighted by molar-refractivity contribution is -0.117. The SMILES string of the molecule is Cc1cccc(-n2ccnc2SCC(=O)NC(=O)NC2CCCC2)c1. The fourth-order valence-corrected chi connectivity index (χ4v) is 3.73. The number of amides is 3. The van der Waals surface area contributed by atoms with Crippen molar-refractivity contribution < 1.29 is 9.59 Å². The Morgan fingerprint density at radius 1 is 1.32 bits per heavy atom. The highest BCUT2D eigenvalue weighted by molar-refractivity contribution is 7.99. The van der Waals surface area contributed by atoms with E-state index in [9.17, 15) is 9.59 Å². The fourth-order valence-electron chi connectivity index (χ4n) is 2.96. The minimum Gasteiger partial charge on any atom is -0.335 e. The van der Waals surface area contributed by atoms with Gasteiger partial charge in [0.05, 0.1) is 5.75 Å². The number of hydrogen-bond acceptors (Lipinski definition) is 4. The number of rotatable bonds is 5. The lowest BCUT2D eigenvalue weighted by atomic mass is 10.2. The Balaban J connectivity index is 1.52. The second-order valence-electron chi connectivity index (χ2n) is 6.21. The summed E-state index contributed by atoms with van der Waals surface area (Å²) in [5.74, 6) is -0.180. The van der Waals surface area contributed by atoms with Gasteiger partial charge in [-0.25, -0.2) is 9.78 Å². The van der Waals surface area contributed by atoms with Crippen LogP contribution in [0.15, 0.2) is 41.8 Å². The highest BCUT2D eigenvalue weighted by atomic mass is 32.2. The maximum absolute atomic E-state index is 12.0. The molecule has 1 aliphatic carbocycles. The molecule has 1 aromatic carbocycles. The molecule has 0 saturated heterocycles. The molecular weight excluding hydrogens is 336 g/mol. The smallest absolute Gasteiger partial charge is 0.321 e. The van der Waals surface area contributed by atoms with Crippen LogP contribution in [0.4, 0.5) is 4.79 Å². The average Bonchev–Trinajstić information content (AvgIpc) is 3.24. The number of carbonyl (C=O) groups excluding carboxylic acids is 2. The molecule has 2 N–H and O–H groups in total. The lowest BCUT2D eigenvalue weighted by Gasteiger charge is -2.12. The van der Waals surface area contributed by atoms with Gasteiger partial charge in [0.2, 0.25) is 5.91 Å². The van der Waals surface area contributed by atoms with E-state index in [1.807, 2.05) is 35.9 Å². The topological polar surface area (TPSA) is 76.0 Å². The zero-order valence-electron chi connectivity index (χ0n) is 14.2. The molecule has 2 aromatic rings. The maximum atomic E-state index is 12.0. The predicted octanol–water partition coefficient (Wildman–Crippen LogP) is 3.04.